The van der Waals surface area contributed by atoms with Crippen molar-refractivity contribution >= 4 is 30.2 Å². The van der Waals surface area contributed by atoms with Crippen LogP contribution < -0.4 is 0 Å². The van der Waals surface area contributed by atoms with Gasteiger partial charge in [-0.05, 0) is 0 Å². The Bertz CT molecular complexity index is 378. The molecule has 0 saturated carbocycles. The van der Waals surface area contributed by atoms with E-state index in [1.165, 1.54) is 15.7 Å². The first-order valence-corrected chi connectivity index (χ1v) is 6.03. The summed E-state index contributed by atoms with van der Waals surface area (Å²) in [7, 11) is 0. The van der Waals surface area contributed by atoms with Gasteiger partial charge in [0.25, 0.3) is 0 Å². The molecule has 0 aromatic heterocycles. The van der Waals surface area contributed by atoms with Crippen LogP contribution in [0.5, 0.6) is 0 Å². The van der Waals surface area contributed by atoms with E-state index < -0.39 is 20.9 Å². The summed E-state index contributed by atoms with van der Waals surface area (Å²) in [5.74, 6) is 0.680. The summed E-state index contributed by atoms with van der Waals surface area (Å²) in [5.41, 5.74) is 0.961. The monoisotopic (exact) mass is 293 g/mol. The van der Waals surface area contributed by atoms with Gasteiger partial charge in [-0.3, -0.25) is 0 Å². The second kappa shape index (κ2) is 3.61. The maximum absolute atomic E-state index is 12.6. The summed E-state index contributed by atoms with van der Waals surface area (Å²) in [6.45, 7) is 2.07. The third kappa shape index (κ3) is 1.99. The molecule has 13 heavy (non-hydrogen) atoms. The van der Waals surface area contributed by atoms with Crippen molar-refractivity contribution in [2.75, 3.05) is 0 Å². The molecular weight excluding hydrogens is 283 g/mol. The number of rotatable bonds is 1. The van der Waals surface area contributed by atoms with Gasteiger partial charge in [-0.2, -0.15) is 0 Å². The minimum absolute atomic E-state index is 0.209. The summed E-state index contributed by atoms with van der Waals surface area (Å²) in [6, 6.07) is 6.39. The molecule has 3 heteroatoms. The van der Waals surface area contributed by atoms with Crippen molar-refractivity contribution in [3.63, 3.8) is 0 Å². The van der Waals surface area contributed by atoms with Gasteiger partial charge in [0.1, 0.15) is 0 Å². The van der Waals surface area contributed by atoms with Crippen molar-refractivity contribution in [2.45, 2.75) is 6.92 Å². The Hall–Kier alpha value is -0.650. The van der Waals surface area contributed by atoms with E-state index in [0.717, 1.165) is 11.3 Å². The quantitative estimate of drug-likeness (QED) is 0.719. The summed E-state index contributed by atoms with van der Waals surface area (Å²) in [5, 5.41) is 0. The van der Waals surface area contributed by atoms with E-state index in [2.05, 4.69) is 6.92 Å². The predicted molar refractivity (Wildman–Crippen MR) is 51.9 cm³/mol. The first-order chi connectivity index (χ1) is 6.25. The van der Waals surface area contributed by atoms with Crippen LogP contribution in [0, 0.1) is 5.82 Å². The summed E-state index contributed by atoms with van der Waals surface area (Å²) in [6.07, 6.45) is 2.04. The minimum atomic E-state index is -0.430. The summed E-state index contributed by atoms with van der Waals surface area (Å²) >= 11 is -0.430. The van der Waals surface area contributed by atoms with Crippen LogP contribution in [0.4, 0.5) is 4.39 Å². The van der Waals surface area contributed by atoms with E-state index in [4.69, 9.17) is 3.10 Å². The molecule has 1 heterocycles. The van der Waals surface area contributed by atoms with E-state index in [1.807, 2.05) is 6.08 Å². The Morgan fingerprint density at radius 3 is 2.46 bits per heavy atom. The maximum atomic E-state index is 12.6. The zero-order chi connectivity index (χ0) is 9.26. The van der Waals surface area contributed by atoms with E-state index >= 15 is 0 Å². The van der Waals surface area contributed by atoms with Gasteiger partial charge >= 0.3 is 86.3 Å². The molecule has 1 nitrogen and oxygen atoms in total. The fourth-order valence-corrected chi connectivity index (χ4v) is 2.58. The predicted octanol–water partition coefficient (Wildman–Crippen LogP) is 2.01. The number of benzene rings is 1. The molecule has 0 aliphatic carbocycles. The first kappa shape index (κ1) is 8.93. The molecule has 1 aromatic carbocycles. The number of halogens is 1. The molecule has 67 valence electrons. The fourth-order valence-electron chi connectivity index (χ4n) is 1.09. The molecule has 0 atom stereocenters. The molecule has 0 amide bonds. The van der Waals surface area contributed by atoms with Crippen LogP contribution in [0.3, 0.4) is 0 Å². The van der Waals surface area contributed by atoms with Crippen LogP contribution in [0.2, 0.25) is 0 Å². The molecule has 1 radical (unpaired) electrons. The van der Waals surface area contributed by atoms with Crippen LogP contribution in [0.15, 0.2) is 30.3 Å². The molecule has 2 rings (SSSR count). The Labute approximate surface area is 86.3 Å². The van der Waals surface area contributed by atoms with Crippen LogP contribution in [0.25, 0.3) is 5.76 Å². The average Bonchev–Trinajstić information content (AvgIpc) is 2.53. The van der Waals surface area contributed by atoms with Gasteiger partial charge in [-0.25, -0.2) is 0 Å². The second-order valence-corrected chi connectivity index (χ2v) is 5.58. The number of allylic oxidation sites excluding steroid dienone is 1. The molecular formula is C10H8FOTe. The van der Waals surface area contributed by atoms with Crippen molar-refractivity contribution in [3.05, 3.63) is 41.7 Å². The molecule has 0 spiro atoms. The fraction of sp³-hybridized carbons (Fsp3) is 0.100. The Balaban J connectivity index is 2.28. The van der Waals surface area contributed by atoms with Gasteiger partial charge in [0, 0.05) is 0 Å². The van der Waals surface area contributed by atoms with Gasteiger partial charge in [-0.15, -0.1) is 0 Å². The first-order valence-electron chi connectivity index (χ1n) is 3.91. The van der Waals surface area contributed by atoms with Crippen LogP contribution in [0.1, 0.15) is 12.5 Å². The van der Waals surface area contributed by atoms with Gasteiger partial charge in [-0.1, -0.05) is 0 Å². The normalized spacial score (nSPS) is 14.9. The second-order valence-electron chi connectivity index (χ2n) is 2.79. The summed E-state index contributed by atoms with van der Waals surface area (Å²) < 4.78 is 19.4. The Kier molecular flexibility index (Phi) is 2.48. The molecule has 0 unspecified atom stereocenters. The Morgan fingerprint density at radius 1 is 1.23 bits per heavy atom. The Morgan fingerprint density at radius 2 is 1.92 bits per heavy atom. The third-order valence-corrected chi connectivity index (χ3v) is 3.56. The summed E-state index contributed by atoms with van der Waals surface area (Å²) in [4.78, 5) is 0. The van der Waals surface area contributed by atoms with E-state index in [1.54, 1.807) is 12.1 Å². The van der Waals surface area contributed by atoms with Gasteiger partial charge in [0.2, 0.25) is 0 Å². The molecule has 0 N–H and O–H groups in total. The SMILES string of the molecule is CC1=[Te]OC(c2ccc(F)cc2)=C1. The van der Waals surface area contributed by atoms with E-state index in [0.29, 0.717) is 0 Å². The van der Waals surface area contributed by atoms with Crippen molar-refractivity contribution < 1.29 is 7.49 Å². The molecule has 1 aliphatic heterocycles. The van der Waals surface area contributed by atoms with Crippen LogP contribution in [-0.4, -0.2) is 24.4 Å². The zero-order valence-electron chi connectivity index (χ0n) is 7.08. The van der Waals surface area contributed by atoms with Crippen molar-refractivity contribution in [1.29, 1.82) is 0 Å². The molecule has 0 saturated heterocycles. The molecule has 0 bridgehead atoms. The van der Waals surface area contributed by atoms with E-state index in [-0.39, 0.29) is 5.82 Å². The standard InChI is InChI=1S/C10H8FOTe/c1-7-6-10(12-13-7)8-2-4-9(11)5-3-8/h2-6H,1H3. The topological polar surface area (TPSA) is 9.23 Å². The van der Waals surface area contributed by atoms with Gasteiger partial charge in [0.15, 0.2) is 0 Å². The van der Waals surface area contributed by atoms with Crippen molar-refractivity contribution in [2.24, 2.45) is 0 Å². The van der Waals surface area contributed by atoms with Gasteiger partial charge in [0.05, 0.1) is 0 Å². The average molecular weight is 291 g/mol. The molecule has 1 aromatic rings. The molecule has 0 fully saturated rings. The van der Waals surface area contributed by atoms with Crippen molar-refractivity contribution in [1.82, 2.24) is 0 Å². The third-order valence-electron chi connectivity index (χ3n) is 1.73. The number of hydrogen-bond donors (Lipinski definition) is 0. The molecule has 1 aliphatic rings. The van der Waals surface area contributed by atoms with Gasteiger partial charge < -0.3 is 0 Å². The number of hydrogen-bond acceptors (Lipinski definition) is 1. The van der Waals surface area contributed by atoms with Crippen LogP contribution in [-0.2, 0) is 3.10 Å². The van der Waals surface area contributed by atoms with Crippen LogP contribution >= 0.6 is 0 Å². The zero-order valence-corrected chi connectivity index (χ0v) is 9.41. The van der Waals surface area contributed by atoms with E-state index in [9.17, 15) is 4.39 Å². The van der Waals surface area contributed by atoms with Crippen molar-refractivity contribution in [3.8, 4) is 0 Å².